The first-order valence-corrected chi connectivity index (χ1v) is 11.4. The van der Waals surface area contributed by atoms with Gasteiger partial charge in [-0.15, -0.1) is 0 Å². The summed E-state index contributed by atoms with van der Waals surface area (Å²) < 4.78 is 56.3. The number of alkyl halides is 2. The second-order valence-electron chi connectivity index (χ2n) is 8.43. The SMILES string of the molecule is Cc1ccc(S(=O)(=O)O)cc1.FC1(F)CC12CCN(c1ccc(C3CNC3)cn1)C2. The van der Waals surface area contributed by atoms with Crippen molar-refractivity contribution >= 4 is 15.9 Å². The largest absolute Gasteiger partial charge is 0.356 e. The monoisotopic (exact) mass is 437 g/mol. The predicted octanol–water partition coefficient (Wildman–Crippen LogP) is 3.25. The minimum absolute atomic E-state index is 0.0579. The summed E-state index contributed by atoms with van der Waals surface area (Å²) in [5.74, 6) is -1.03. The van der Waals surface area contributed by atoms with Crippen molar-refractivity contribution < 1.29 is 21.8 Å². The number of aromatic nitrogens is 1. The van der Waals surface area contributed by atoms with Gasteiger partial charge >= 0.3 is 0 Å². The number of rotatable bonds is 3. The Kier molecular flexibility index (Phi) is 5.32. The lowest BCUT2D eigenvalue weighted by atomic mass is 9.95. The van der Waals surface area contributed by atoms with Gasteiger partial charge < -0.3 is 10.2 Å². The summed E-state index contributed by atoms with van der Waals surface area (Å²) in [5.41, 5.74) is 1.45. The van der Waals surface area contributed by atoms with Gasteiger partial charge in [0.1, 0.15) is 5.82 Å². The van der Waals surface area contributed by atoms with Crippen molar-refractivity contribution in [3.8, 4) is 0 Å². The zero-order chi connectivity index (χ0) is 21.6. The fourth-order valence-electron chi connectivity index (χ4n) is 3.95. The Morgan fingerprint density at radius 1 is 1.17 bits per heavy atom. The third-order valence-electron chi connectivity index (χ3n) is 6.23. The predicted molar refractivity (Wildman–Crippen MR) is 110 cm³/mol. The first-order chi connectivity index (χ1) is 14.1. The van der Waals surface area contributed by atoms with Crippen molar-refractivity contribution in [3.63, 3.8) is 0 Å². The van der Waals surface area contributed by atoms with E-state index in [1.54, 1.807) is 12.1 Å². The first kappa shape index (κ1) is 21.1. The van der Waals surface area contributed by atoms with Crippen molar-refractivity contribution in [3.05, 3.63) is 53.7 Å². The summed E-state index contributed by atoms with van der Waals surface area (Å²) in [6.45, 7) is 5.03. The number of anilines is 1. The Morgan fingerprint density at radius 2 is 1.83 bits per heavy atom. The van der Waals surface area contributed by atoms with Crippen molar-refractivity contribution in [2.45, 2.75) is 36.5 Å². The van der Waals surface area contributed by atoms with Crippen LogP contribution in [0.15, 0.2) is 47.5 Å². The molecule has 2 aliphatic heterocycles. The maximum absolute atomic E-state index is 13.4. The highest BCUT2D eigenvalue weighted by Gasteiger charge is 2.72. The second-order valence-corrected chi connectivity index (χ2v) is 9.85. The molecule has 3 fully saturated rings. The molecular weight excluding hydrogens is 412 g/mol. The van der Waals surface area contributed by atoms with Crippen LogP contribution in [0.2, 0.25) is 0 Å². The Labute approximate surface area is 175 Å². The average Bonchev–Trinajstić information content (AvgIpc) is 2.96. The van der Waals surface area contributed by atoms with Crippen LogP contribution in [0.4, 0.5) is 14.6 Å². The molecule has 2 aromatic rings. The fourth-order valence-corrected chi connectivity index (χ4v) is 4.43. The minimum atomic E-state index is -4.02. The number of nitrogens with zero attached hydrogens (tertiary/aromatic N) is 2. The highest BCUT2D eigenvalue weighted by molar-refractivity contribution is 7.85. The third-order valence-corrected chi connectivity index (χ3v) is 7.10. The van der Waals surface area contributed by atoms with E-state index in [0.29, 0.717) is 25.4 Å². The normalized spacial score (nSPS) is 24.9. The molecule has 3 aliphatic rings. The molecule has 3 heterocycles. The van der Waals surface area contributed by atoms with Crippen LogP contribution in [0.25, 0.3) is 0 Å². The zero-order valence-electron chi connectivity index (χ0n) is 16.7. The van der Waals surface area contributed by atoms with Gasteiger partial charge in [-0.05, 0) is 37.1 Å². The lowest BCUT2D eigenvalue weighted by molar-refractivity contribution is 0.0711. The van der Waals surface area contributed by atoms with Crippen molar-refractivity contribution in [1.82, 2.24) is 10.3 Å². The highest BCUT2D eigenvalue weighted by atomic mass is 32.2. The van der Waals surface area contributed by atoms with Gasteiger partial charge in [0.15, 0.2) is 0 Å². The summed E-state index contributed by atoms with van der Waals surface area (Å²) in [6, 6.07) is 10.1. The van der Waals surface area contributed by atoms with Gasteiger partial charge in [-0.3, -0.25) is 4.55 Å². The molecule has 30 heavy (non-hydrogen) atoms. The number of hydrogen-bond acceptors (Lipinski definition) is 5. The fraction of sp³-hybridized carbons (Fsp3) is 0.476. The molecule has 9 heteroatoms. The summed E-state index contributed by atoms with van der Waals surface area (Å²) in [6.07, 6.45) is 2.55. The van der Waals surface area contributed by atoms with Gasteiger partial charge in [-0.25, -0.2) is 13.8 Å². The standard InChI is InChI=1S/C14H17F2N3.C7H8O3S/c15-14(16)8-13(14)3-4-19(9-13)12-2-1-10(7-18-12)11-5-17-6-11;1-6-2-4-7(5-3-6)11(8,9)10/h1-2,7,11,17H,3-6,8-9H2;2-5H,1H3,(H,8,9,10). The lowest BCUT2D eigenvalue weighted by Gasteiger charge is -2.27. The number of benzene rings is 1. The summed E-state index contributed by atoms with van der Waals surface area (Å²) in [5, 5.41) is 3.24. The lowest BCUT2D eigenvalue weighted by Crippen LogP contribution is -2.39. The molecule has 0 bridgehead atoms. The third kappa shape index (κ3) is 4.19. The van der Waals surface area contributed by atoms with E-state index in [-0.39, 0.29) is 11.3 Å². The molecule has 0 radical (unpaired) electrons. The maximum Gasteiger partial charge on any atom is 0.294 e. The van der Waals surface area contributed by atoms with Crippen LogP contribution < -0.4 is 10.2 Å². The van der Waals surface area contributed by atoms with E-state index >= 15 is 0 Å². The van der Waals surface area contributed by atoms with Crippen molar-refractivity contribution in [2.24, 2.45) is 5.41 Å². The van der Waals surface area contributed by atoms with Crippen LogP contribution >= 0.6 is 0 Å². The quantitative estimate of drug-likeness (QED) is 0.718. The smallest absolute Gasteiger partial charge is 0.294 e. The molecule has 6 nitrogen and oxygen atoms in total. The van der Waals surface area contributed by atoms with E-state index in [9.17, 15) is 17.2 Å². The molecule has 0 amide bonds. The number of pyridine rings is 1. The van der Waals surface area contributed by atoms with E-state index in [4.69, 9.17) is 4.55 Å². The molecule has 5 rings (SSSR count). The molecule has 1 spiro atoms. The Balaban J connectivity index is 0.000000170. The van der Waals surface area contributed by atoms with Crippen LogP contribution in [0.1, 0.15) is 29.9 Å². The summed E-state index contributed by atoms with van der Waals surface area (Å²) >= 11 is 0. The molecule has 2 N–H and O–H groups in total. The van der Waals surface area contributed by atoms with E-state index < -0.39 is 21.5 Å². The van der Waals surface area contributed by atoms with Gasteiger partial charge in [0.2, 0.25) is 0 Å². The zero-order valence-corrected chi connectivity index (χ0v) is 17.5. The van der Waals surface area contributed by atoms with Crippen LogP contribution in [0.5, 0.6) is 0 Å². The molecule has 1 aromatic heterocycles. The van der Waals surface area contributed by atoms with Crippen LogP contribution in [-0.4, -0.2) is 50.1 Å². The molecular formula is C21H25F2N3O3S. The highest BCUT2D eigenvalue weighted by Crippen LogP contribution is 2.65. The van der Waals surface area contributed by atoms with Crippen LogP contribution in [0, 0.1) is 12.3 Å². The van der Waals surface area contributed by atoms with Crippen LogP contribution in [0.3, 0.4) is 0 Å². The first-order valence-electron chi connectivity index (χ1n) is 9.93. The van der Waals surface area contributed by atoms with Crippen LogP contribution in [-0.2, 0) is 10.1 Å². The molecule has 2 saturated heterocycles. The molecule has 1 saturated carbocycles. The van der Waals surface area contributed by atoms with Crippen molar-refractivity contribution in [1.29, 1.82) is 0 Å². The van der Waals surface area contributed by atoms with Gasteiger partial charge in [0.25, 0.3) is 16.0 Å². The Hall–Kier alpha value is -2.10. The van der Waals surface area contributed by atoms with E-state index in [1.165, 1.54) is 17.7 Å². The summed E-state index contributed by atoms with van der Waals surface area (Å²) in [4.78, 5) is 6.40. The van der Waals surface area contributed by atoms with Gasteiger partial charge in [0, 0.05) is 44.7 Å². The molecule has 162 valence electrons. The molecule has 1 unspecified atom stereocenters. The van der Waals surface area contributed by atoms with Gasteiger partial charge in [-0.1, -0.05) is 23.8 Å². The van der Waals surface area contributed by atoms with E-state index in [0.717, 1.165) is 24.5 Å². The maximum atomic E-state index is 13.4. The minimum Gasteiger partial charge on any atom is -0.356 e. The number of aryl methyl sites for hydroxylation is 1. The Morgan fingerprint density at radius 3 is 2.27 bits per heavy atom. The number of nitrogens with one attached hydrogen (secondary N) is 1. The van der Waals surface area contributed by atoms with Crippen molar-refractivity contribution in [2.75, 3.05) is 31.1 Å². The summed E-state index contributed by atoms with van der Waals surface area (Å²) in [7, 11) is -4.02. The van der Waals surface area contributed by atoms with E-state index in [1.807, 2.05) is 24.1 Å². The topological polar surface area (TPSA) is 82.5 Å². The molecule has 1 aliphatic carbocycles. The number of hydrogen-bond donors (Lipinski definition) is 2. The average molecular weight is 438 g/mol. The molecule has 1 aromatic carbocycles. The number of halogens is 2. The van der Waals surface area contributed by atoms with Gasteiger partial charge in [-0.2, -0.15) is 8.42 Å². The Bertz CT molecular complexity index is 1010. The van der Waals surface area contributed by atoms with E-state index in [2.05, 4.69) is 16.4 Å². The van der Waals surface area contributed by atoms with Gasteiger partial charge in [0.05, 0.1) is 10.3 Å². The molecule has 1 atom stereocenters. The second kappa shape index (κ2) is 7.55.